The summed E-state index contributed by atoms with van der Waals surface area (Å²) in [5.74, 6) is -0.772. The topological polar surface area (TPSA) is 52.6 Å². The molecule has 0 saturated carbocycles. The van der Waals surface area contributed by atoms with Gasteiger partial charge in [0.05, 0.1) is 25.6 Å². The molecule has 1 unspecified atom stereocenters. The average molecular weight is 264 g/mol. The molecule has 0 aromatic heterocycles. The minimum atomic E-state index is -0.295. The first kappa shape index (κ1) is 15.2. The van der Waals surface area contributed by atoms with E-state index < -0.39 is 0 Å². The molecule has 0 fully saturated rings. The van der Waals surface area contributed by atoms with E-state index in [1.807, 2.05) is 24.3 Å². The van der Waals surface area contributed by atoms with Crippen molar-refractivity contribution < 1.29 is 19.1 Å². The van der Waals surface area contributed by atoms with Crippen molar-refractivity contribution in [2.45, 2.75) is 33.1 Å². The van der Waals surface area contributed by atoms with Crippen molar-refractivity contribution in [3.05, 3.63) is 35.4 Å². The van der Waals surface area contributed by atoms with E-state index in [1.54, 1.807) is 20.8 Å². The lowest BCUT2D eigenvalue weighted by molar-refractivity contribution is -0.144. The molecule has 19 heavy (non-hydrogen) atoms. The first-order valence-electron chi connectivity index (χ1n) is 6.49. The highest BCUT2D eigenvalue weighted by Crippen LogP contribution is 2.17. The number of hydrogen-bond donors (Lipinski definition) is 0. The zero-order chi connectivity index (χ0) is 14.3. The number of esters is 2. The first-order valence-corrected chi connectivity index (χ1v) is 6.49. The highest BCUT2D eigenvalue weighted by Gasteiger charge is 2.16. The summed E-state index contributed by atoms with van der Waals surface area (Å²) in [7, 11) is 0. The maximum Gasteiger partial charge on any atom is 0.313 e. The molecular weight excluding hydrogens is 244 g/mol. The average Bonchev–Trinajstić information content (AvgIpc) is 2.39. The van der Waals surface area contributed by atoms with Gasteiger partial charge in [0, 0.05) is 0 Å². The van der Waals surface area contributed by atoms with Gasteiger partial charge >= 0.3 is 11.9 Å². The minimum Gasteiger partial charge on any atom is -0.466 e. The molecule has 0 aliphatic carbocycles. The lowest BCUT2D eigenvalue weighted by atomic mass is 9.99. The van der Waals surface area contributed by atoms with Gasteiger partial charge in [0.1, 0.15) is 0 Å². The number of benzene rings is 1. The molecule has 0 saturated heterocycles. The van der Waals surface area contributed by atoms with Crippen molar-refractivity contribution in [2.75, 3.05) is 13.2 Å². The van der Waals surface area contributed by atoms with Crippen LogP contribution in [0.2, 0.25) is 0 Å². The van der Waals surface area contributed by atoms with Crippen LogP contribution in [-0.4, -0.2) is 25.2 Å². The van der Waals surface area contributed by atoms with Gasteiger partial charge in [0.15, 0.2) is 0 Å². The molecule has 0 bridgehead atoms. The Kier molecular flexibility index (Phi) is 6.06. The highest BCUT2D eigenvalue weighted by molar-refractivity contribution is 5.77. The monoisotopic (exact) mass is 264 g/mol. The number of rotatable bonds is 6. The van der Waals surface area contributed by atoms with Crippen molar-refractivity contribution in [1.82, 2.24) is 0 Å². The number of ether oxygens (including phenoxy) is 2. The summed E-state index contributed by atoms with van der Waals surface area (Å²) in [5, 5.41) is 0. The summed E-state index contributed by atoms with van der Waals surface area (Å²) < 4.78 is 9.85. The van der Waals surface area contributed by atoms with Gasteiger partial charge in [-0.2, -0.15) is 0 Å². The van der Waals surface area contributed by atoms with Crippen LogP contribution in [0.15, 0.2) is 24.3 Å². The smallest absolute Gasteiger partial charge is 0.313 e. The van der Waals surface area contributed by atoms with Gasteiger partial charge in [0.2, 0.25) is 0 Å². The van der Waals surface area contributed by atoms with Crippen LogP contribution < -0.4 is 0 Å². The van der Waals surface area contributed by atoms with Crippen molar-refractivity contribution in [1.29, 1.82) is 0 Å². The fourth-order valence-electron chi connectivity index (χ4n) is 1.71. The molecule has 0 amide bonds. The van der Waals surface area contributed by atoms with Crippen LogP contribution in [-0.2, 0) is 25.5 Å². The second-order valence-corrected chi connectivity index (χ2v) is 4.20. The zero-order valence-electron chi connectivity index (χ0n) is 11.6. The molecule has 0 aliphatic heterocycles. The van der Waals surface area contributed by atoms with E-state index >= 15 is 0 Å². The highest BCUT2D eigenvalue weighted by atomic mass is 16.5. The Labute approximate surface area is 113 Å². The maximum absolute atomic E-state index is 11.6. The van der Waals surface area contributed by atoms with Crippen LogP contribution in [0.3, 0.4) is 0 Å². The van der Waals surface area contributed by atoms with Crippen LogP contribution >= 0.6 is 0 Å². The molecule has 4 nitrogen and oxygen atoms in total. The zero-order valence-corrected chi connectivity index (χ0v) is 11.6. The van der Waals surface area contributed by atoms with Crippen molar-refractivity contribution in [3.63, 3.8) is 0 Å². The molecule has 0 aliphatic rings. The second-order valence-electron chi connectivity index (χ2n) is 4.20. The predicted octanol–water partition coefficient (Wildman–Crippen LogP) is 2.46. The van der Waals surface area contributed by atoms with E-state index in [2.05, 4.69) is 0 Å². The molecule has 1 atom stereocenters. The van der Waals surface area contributed by atoms with Gasteiger partial charge < -0.3 is 9.47 Å². The molecule has 1 rings (SSSR count). The summed E-state index contributed by atoms with van der Waals surface area (Å²) in [4.78, 5) is 22.9. The van der Waals surface area contributed by atoms with Crippen molar-refractivity contribution in [2.24, 2.45) is 0 Å². The predicted molar refractivity (Wildman–Crippen MR) is 71.8 cm³/mol. The number of carbonyl (C=O) groups excluding carboxylic acids is 2. The summed E-state index contributed by atoms with van der Waals surface area (Å²) in [6, 6.07) is 7.36. The standard InChI is InChI=1S/C15H20O4/c1-4-18-14(16)10-12-6-8-13(9-7-12)11(3)15(17)19-5-2/h6-9,11H,4-5,10H2,1-3H3. The van der Waals surface area contributed by atoms with Gasteiger partial charge in [-0.3, -0.25) is 9.59 Å². The quantitative estimate of drug-likeness (QED) is 0.741. The normalized spacial score (nSPS) is 11.7. The van der Waals surface area contributed by atoms with E-state index in [-0.39, 0.29) is 24.3 Å². The summed E-state index contributed by atoms with van der Waals surface area (Å²) in [5.41, 5.74) is 1.75. The Bertz CT molecular complexity index is 422. The minimum absolute atomic E-state index is 0.236. The molecule has 1 aromatic carbocycles. The largest absolute Gasteiger partial charge is 0.466 e. The molecule has 0 spiro atoms. The SMILES string of the molecule is CCOC(=O)Cc1ccc(C(C)C(=O)OCC)cc1. The first-order chi connectivity index (χ1) is 9.08. The van der Waals surface area contributed by atoms with Gasteiger partial charge in [-0.1, -0.05) is 24.3 Å². The lowest BCUT2D eigenvalue weighted by Gasteiger charge is -2.11. The van der Waals surface area contributed by atoms with E-state index in [0.717, 1.165) is 11.1 Å². The van der Waals surface area contributed by atoms with E-state index in [1.165, 1.54) is 0 Å². The number of hydrogen-bond acceptors (Lipinski definition) is 4. The Hall–Kier alpha value is -1.84. The second kappa shape index (κ2) is 7.56. The Morgan fingerprint density at radius 3 is 2.16 bits per heavy atom. The van der Waals surface area contributed by atoms with E-state index in [4.69, 9.17) is 9.47 Å². The van der Waals surface area contributed by atoms with E-state index in [9.17, 15) is 9.59 Å². The van der Waals surface area contributed by atoms with Crippen molar-refractivity contribution >= 4 is 11.9 Å². The van der Waals surface area contributed by atoms with Crippen molar-refractivity contribution in [3.8, 4) is 0 Å². The van der Waals surface area contributed by atoms with Gasteiger partial charge in [0.25, 0.3) is 0 Å². The Morgan fingerprint density at radius 1 is 1.05 bits per heavy atom. The third-order valence-electron chi connectivity index (χ3n) is 2.77. The molecule has 104 valence electrons. The van der Waals surface area contributed by atoms with Crippen LogP contribution in [0.1, 0.15) is 37.8 Å². The fraction of sp³-hybridized carbons (Fsp3) is 0.467. The van der Waals surface area contributed by atoms with Crippen LogP contribution in [0.5, 0.6) is 0 Å². The Morgan fingerprint density at radius 2 is 1.63 bits per heavy atom. The maximum atomic E-state index is 11.6. The molecule has 0 heterocycles. The molecule has 4 heteroatoms. The number of carbonyl (C=O) groups is 2. The Balaban J connectivity index is 2.65. The van der Waals surface area contributed by atoms with Gasteiger partial charge in [-0.15, -0.1) is 0 Å². The molecular formula is C15H20O4. The molecule has 1 aromatic rings. The summed E-state index contributed by atoms with van der Waals surface area (Å²) in [6.45, 7) is 6.13. The third kappa shape index (κ3) is 4.73. The third-order valence-corrected chi connectivity index (χ3v) is 2.77. The summed E-state index contributed by atoms with van der Waals surface area (Å²) in [6.07, 6.45) is 0.252. The fourth-order valence-corrected chi connectivity index (χ4v) is 1.71. The van der Waals surface area contributed by atoms with Crippen LogP contribution in [0.25, 0.3) is 0 Å². The molecule has 0 N–H and O–H groups in total. The van der Waals surface area contributed by atoms with Crippen LogP contribution in [0, 0.1) is 0 Å². The molecule has 0 radical (unpaired) electrons. The van der Waals surface area contributed by atoms with Gasteiger partial charge in [-0.25, -0.2) is 0 Å². The summed E-state index contributed by atoms with van der Waals surface area (Å²) >= 11 is 0. The lowest BCUT2D eigenvalue weighted by Crippen LogP contribution is -2.13. The van der Waals surface area contributed by atoms with Crippen LogP contribution in [0.4, 0.5) is 0 Å². The van der Waals surface area contributed by atoms with Gasteiger partial charge in [-0.05, 0) is 31.9 Å². The van der Waals surface area contributed by atoms with E-state index in [0.29, 0.717) is 13.2 Å².